The molecule has 0 bridgehead atoms. The zero-order valence-electron chi connectivity index (χ0n) is 19.7. The van der Waals surface area contributed by atoms with Gasteiger partial charge in [0.15, 0.2) is 0 Å². The molecule has 0 aliphatic carbocycles. The van der Waals surface area contributed by atoms with Crippen molar-refractivity contribution in [2.24, 2.45) is 0 Å². The molecule has 2 amide bonds. The van der Waals surface area contributed by atoms with Crippen molar-refractivity contribution in [3.05, 3.63) is 69.2 Å². The Balaban J connectivity index is 2.24. The van der Waals surface area contributed by atoms with E-state index in [4.69, 9.17) is 23.2 Å². The van der Waals surface area contributed by atoms with Gasteiger partial charge in [0, 0.05) is 18.5 Å². The highest BCUT2D eigenvalue weighted by Gasteiger charge is 2.30. The van der Waals surface area contributed by atoms with Crippen molar-refractivity contribution in [2.75, 3.05) is 0 Å². The van der Waals surface area contributed by atoms with Gasteiger partial charge in [0.25, 0.3) is 0 Å². The molecule has 0 unspecified atom stereocenters. The van der Waals surface area contributed by atoms with Gasteiger partial charge in [-0.3, -0.25) is 9.59 Å². The normalized spacial score (nSPS) is 12.3. The standard InChI is InChI=1S/C26H34Cl2N2O2/c1-6-18-8-10-19(11-9-18)13-15-24(31)30(17-20-12-14-21(27)22(28)16-20)23(7-2)25(32)29-26(3,4)5/h8-12,14,16,23H,6-7,13,15,17H2,1-5H3,(H,29,32)/t23-/m1/s1. The summed E-state index contributed by atoms with van der Waals surface area (Å²) >= 11 is 12.2. The summed E-state index contributed by atoms with van der Waals surface area (Å²) in [5.74, 6) is -0.216. The van der Waals surface area contributed by atoms with Crippen molar-refractivity contribution in [1.82, 2.24) is 10.2 Å². The van der Waals surface area contributed by atoms with Crippen molar-refractivity contribution >= 4 is 35.0 Å². The van der Waals surface area contributed by atoms with Gasteiger partial charge in [-0.2, -0.15) is 0 Å². The number of nitrogens with one attached hydrogen (secondary N) is 1. The smallest absolute Gasteiger partial charge is 0.243 e. The highest BCUT2D eigenvalue weighted by molar-refractivity contribution is 6.42. The van der Waals surface area contributed by atoms with E-state index >= 15 is 0 Å². The van der Waals surface area contributed by atoms with Crippen LogP contribution in [0.2, 0.25) is 10.0 Å². The molecule has 0 aromatic heterocycles. The summed E-state index contributed by atoms with van der Waals surface area (Å²) in [6, 6.07) is 13.1. The van der Waals surface area contributed by atoms with E-state index in [2.05, 4.69) is 36.5 Å². The molecular formula is C26H34Cl2N2O2. The van der Waals surface area contributed by atoms with Gasteiger partial charge in [0.05, 0.1) is 10.0 Å². The van der Waals surface area contributed by atoms with Crippen LogP contribution in [0.3, 0.4) is 0 Å². The maximum absolute atomic E-state index is 13.4. The Morgan fingerprint density at radius 1 is 0.938 bits per heavy atom. The number of carbonyl (C=O) groups is 2. The van der Waals surface area contributed by atoms with Gasteiger partial charge in [-0.1, -0.05) is 67.4 Å². The first-order valence-electron chi connectivity index (χ1n) is 11.2. The number of hydrogen-bond donors (Lipinski definition) is 1. The predicted octanol–water partition coefficient (Wildman–Crippen LogP) is 6.21. The summed E-state index contributed by atoms with van der Waals surface area (Å²) in [7, 11) is 0. The van der Waals surface area contributed by atoms with E-state index in [1.54, 1.807) is 17.0 Å². The number of halogens is 2. The molecule has 2 rings (SSSR count). The fourth-order valence-electron chi connectivity index (χ4n) is 3.54. The quantitative estimate of drug-likeness (QED) is 0.467. The first-order valence-corrected chi connectivity index (χ1v) is 11.9. The molecule has 0 aliphatic heterocycles. The fourth-order valence-corrected chi connectivity index (χ4v) is 3.86. The zero-order valence-corrected chi connectivity index (χ0v) is 21.2. The summed E-state index contributed by atoms with van der Waals surface area (Å²) in [6.45, 7) is 10.1. The summed E-state index contributed by atoms with van der Waals surface area (Å²) in [5.41, 5.74) is 2.83. The number of nitrogens with zero attached hydrogens (tertiary/aromatic N) is 1. The predicted molar refractivity (Wildman–Crippen MR) is 133 cm³/mol. The van der Waals surface area contributed by atoms with E-state index < -0.39 is 6.04 Å². The summed E-state index contributed by atoms with van der Waals surface area (Å²) in [6.07, 6.45) is 2.45. The number of aryl methyl sites for hydroxylation is 2. The Morgan fingerprint density at radius 2 is 1.53 bits per heavy atom. The van der Waals surface area contributed by atoms with E-state index in [-0.39, 0.29) is 17.4 Å². The summed E-state index contributed by atoms with van der Waals surface area (Å²) in [4.78, 5) is 28.1. The second kappa shape index (κ2) is 11.7. The average Bonchev–Trinajstić information content (AvgIpc) is 2.73. The number of hydrogen-bond acceptors (Lipinski definition) is 2. The van der Waals surface area contributed by atoms with Gasteiger partial charge in [0.1, 0.15) is 6.04 Å². The molecule has 0 aliphatic rings. The molecule has 2 aromatic carbocycles. The third-order valence-corrected chi connectivity index (χ3v) is 6.02. The molecule has 0 spiro atoms. The van der Waals surface area contributed by atoms with Crippen LogP contribution in [0.5, 0.6) is 0 Å². The first kappa shape index (κ1) is 26.2. The monoisotopic (exact) mass is 476 g/mol. The zero-order chi connectivity index (χ0) is 23.9. The number of amides is 2. The minimum atomic E-state index is -0.571. The van der Waals surface area contributed by atoms with E-state index in [1.807, 2.05) is 33.8 Å². The molecule has 2 aromatic rings. The molecule has 1 N–H and O–H groups in total. The van der Waals surface area contributed by atoms with Crippen LogP contribution in [0, 0.1) is 0 Å². The second-order valence-corrected chi connectivity index (χ2v) is 9.92. The van der Waals surface area contributed by atoms with Crippen LogP contribution in [0.1, 0.15) is 64.2 Å². The van der Waals surface area contributed by atoms with E-state index in [9.17, 15) is 9.59 Å². The minimum absolute atomic E-state index is 0.0634. The Bertz CT molecular complexity index is 920. The number of rotatable bonds is 9. The van der Waals surface area contributed by atoms with Crippen molar-refractivity contribution < 1.29 is 9.59 Å². The Hall–Kier alpha value is -2.04. The Kier molecular flexibility index (Phi) is 9.60. The van der Waals surface area contributed by atoms with Gasteiger partial charge in [0.2, 0.25) is 11.8 Å². The van der Waals surface area contributed by atoms with Crippen LogP contribution in [0.25, 0.3) is 0 Å². The molecule has 174 valence electrons. The van der Waals surface area contributed by atoms with Crippen LogP contribution in [0.15, 0.2) is 42.5 Å². The first-order chi connectivity index (χ1) is 15.0. The van der Waals surface area contributed by atoms with E-state index in [1.165, 1.54) is 5.56 Å². The van der Waals surface area contributed by atoms with E-state index in [0.29, 0.717) is 35.9 Å². The third-order valence-electron chi connectivity index (χ3n) is 5.28. The Morgan fingerprint density at radius 3 is 2.06 bits per heavy atom. The lowest BCUT2D eigenvalue weighted by atomic mass is 10.0. The van der Waals surface area contributed by atoms with Gasteiger partial charge < -0.3 is 10.2 Å². The van der Waals surface area contributed by atoms with Crippen molar-refractivity contribution in [1.29, 1.82) is 0 Å². The second-order valence-electron chi connectivity index (χ2n) is 9.10. The topological polar surface area (TPSA) is 49.4 Å². The molecular weight excluding hydrogens is 443 g/mol. The van der Waals surface area contributed by atoms with Crippen LogP contribution in [0.4, 0.5) is 0 Å². The molecule has 0 radical (unpaired) electrons. The van der Waals surface area contributed by atoms with Crippen LogP contribution in [-0.4, -0.2) is 28.3 Å². The molecule has 0 saturated carbocycles. The van der Waals surface area contributed by atoms with E-state index in [0.717, 1.165) is 17.5 Å². The number of benzene rings is 2. The molecule has 0 fully saturated rings. The lowest BCUT2D eigenvalue weighted by Gasteiger charge is -2.33. The van der Waals surface area contributed by atoms with Gasteiger partial charge in [-0.05, 0) is 68.9 Å². The van der Waals surface area contributed by atoms with Crippen LogP contribution in [-0.2, 0) is 29.0 Å². The highest BCUT2D eigenvalue weighted by atomic mass is 35.5. The summed E-state index contributed by atoms with van der Waals surface area (Å²) < 4.78 is 0. The van der Waals surface area contributed by atoms with Crippen LogP contribution < -0.4 is 5.32 Å². The van der Waals surface area contributed by atoms with Crippen molar-refractivity contribution in [3.63, 3.8) is 0 Å². The molecule has 0 saturated heterocycles. The fraction of sp³-hybridized carbons (Fsp3) is 0.462. The SMILES string of the molecule is CCc1ccc(CCC(=O)N(Cc2ccc(Cl)c(Cl)c2)[C@H](CC)C(=O)NC(C)(C)C)cc1. The molecule has 4 nitrogen and oxygen atoms in total. The maximum atomic E-state index is 13.4. The van der Waals surface area contributed by atoms with Crippen molar-refractivity contribution in [3.8, 4) is 0 Å². The Labute approximate surface area is 202 Å². The largest absolute Gasteiger partial charge is 0.350 e. The highest BCUT2D eigenvalue weighted by Crippen LogP contribution is 2.24. The maximum Gasteiger partial charge on any atom is 0.243 e. The molecule has 6 heteroatoms. The minimum Gasteiger partial charge on any atom is -0.350 e. The van der Waals surface area contributed by atoms with Crippen LogP contribution >= 0.6 is 23.2 Å². The van der Waals surface area contributed by atoms with Gasteiger partial charge >= 0.3 is 0 Å². The number of carbonyl (C=O) groups excluding carboxylic acids is 2. The molecule has 32 heavy (non-hydrogen) atoms. The molecule has 1 atom stereocenters. The molecule has 0 heterocycles. The van der Waals surface area contributed by atoms with Crippen molar-refractivity contribution in [2.45, 2.75) is 78.4 Å². The lowest BCUT2D eigenvalue weighted by molar-refractivity contribution is -0.142. The van der Waals surface area contributed by atoms with Gasteiger partial charge in [-0.25, -0.2) is 0 Å². The third kappa shape index (κ3) is 7.83. The average molecular weight is 477 g/mol. The summed E-state index contributed by atoms with van der Waals surface area (Å²) in [5, 5.41) is 3.91. The van der Waals surface area contributed by atoms with Gasteiger partial charge in [-0.15, -0.1) is 0 Å². The lowest BCUT2D eigenvalue weighted by Crippen LogP contribution is -2.53.